The zero-order valence-electron chi connectivity index (χ0n) is 18.9. The Balaban J connectivity index is 1.53. The SMILES string of the molecule is CCn1c(=O)[nH]c2cc(C(=O)N3CCN(C(C(=O)OC)c4ccccc4Cl)CC3)ccc2c1=O. The first-order valence-corrected chi connectivity index (χ1v) is 11.4. The van der Waals surface area contributed by atoms with E-state index in [9.17, 15) is 19.2 Å². The molecule has 1 atom stereocenters. The van der Waals surface area contributed by atoms with E-state index >= 15 is 0 Å². The van der Waals surface area contributed by atoms with Crippen LogP contribution in [0.5, 0.6) is 0 Å². The van der Waals surface area contributed by atoms with Crippen molar-refractivity contribution in [1.82, 2.24) is 19.4 Å². The Morgan fingerprint density at radius 1 is 1.09 bits per heavy atom. The average Bonchev–Trinajstić information content (AvgIpc) is 2.85. The molecule has 0 bridgehead atoms. The lowest BCUT2D eigenvalue weighted by Gasteiger charge is -2.38. The molecule has 0 radical (unpaired) electrons. The van der Waals surface area contributed by atoms with Gasteiger partial charge in [0.05, 0.1) is 18.0 Å². The van der Waals surface area contributed by atoms with Gasteiger partial charge in [-0.3, -0.25) is 19.1 Å². The van der Waals surface area contributed by atoms with Gasteiger partial charge in [0.15, 0.2) is 0 Å². The highest BCUT2D eigenvalue weighted by atomic mass is 35.5. The number of carbonyl (C=O) groups is 2. The van der Waals surface area contributed by atoms with E-state index in [1.54, 1.807) is 42.2 Å². The molecular weight excluding hydrogens is 460 g/mol. The van der Waals surface area contributed by atoms with Crippen molar-refractivity contribution in [1.29, 1.82) is 0 Å². The van der Waals surface area contributed by atoms with Crippen LogP contribution in [-0.4, -0.2) is 64.5 Å². The summed E-state index contributed by atoms with van der Waals surface area (Å²) < 4.78 is 6.13. The van der Waals surface area contributed by atoms with Crippen LogP contribution in [0.2, 0.25) is 5.02 Å². The minimum absolute atomic E-state index is 0.213. The van der Waals surface area contributed by atoms with E-state index in [1.165, 1.54) is 13.2 Å². The molecule has 1 amide bonds. The van der Waals surface area contributed by atoms with Crippen LogP contribution in [0.4, 0.5) is 0 Å². The molecule has 2 aromatic carbocycles. The number of nitrogens with one attached hydrogen (secondary N) is 1. The molecule has 2 heterocycles. The number of rotatable bonds is 5. The lowest BCUT2D eigenvalue weighted by atomic mass is 10.0. The molecule has 1 aliphatic rings. The van der Waals surface area contributed by atoms with Crippen LogP contribution in [-0.2, 0) is 16.1 Å². The third kappa shape index (κ3) is 4.36. The first kappa shape index (κ1) is 23.7. The third-order valence-corrected chi connectivity index (χ3v) is 6.48. The fourth-order valence-electron chi connectivity index (χ4n) is 4.32. The number of piperazine rings is 1. The maximum atomic E-state index is 13.1. The van der Waals surface area contributed by atoms with Gasteiger partial charge in [-0.25, -0.2) is 9.59 Å². The second-order valence-electron chi connectivity index (χ2n) is 8.02. The largest absolute Gasteiger partial charge is 0.468 e. The summed E-state index contributed by atoms with van der Waals surface area (Å²) in [4.78, 5) is 56.6. The fourth-order valence-corrected chi connectivity index (χ4v) is 4.56. The standard InChI is InChI=1S/C24H25ClN4O5/c1-3-29-22(31)17-9-8-15(14-19(17)26-24(29)33)21(30)28-12-10-27(11-13-28)20(23(32)34-2)16-6-4-5-7-18(16)25/h4-9,14,20H,3,10-13H2,1-2H3,(H,26,33). The normalized spacial score (nSPS) is 15.3. The summed E-state index contributed by atoms with van der Waals surface area (Å²) in [5.41, 5.74) is 0.468. The molecule has 1 aliphatic heterocycles. The zero-order valence-corrected chi connectivity index (χ0v) is 19.7. The Morgan fingerprint density at radius 3 is 2.44 bits per heavy atom. The summed E-state index contributed by atoms with van der Waals surface area (Å²) in [6.07, 6.45) is 0. The van der Waals surface area contributed by atoms with Crippen molar-refractivity contribution < 1.29 is 14.3 Å². The van der Waals surface area contributed by atoms with E-state index in [-0.39, 0.29) is 18.0 Å². The van der Waals surface area contributed by atoms with Gasteiger partial charge in [0.25, 0.3) is 11.5 Å². The van der Waals surface area contributed by atoms with Gasteiger partial charge in [-0.1, -0.05) is 29.8 Å². The van der Waals surface area contributed by atoms with Gasteiger partial charge in [0, 0.05) is 43.3 Å². The molecule has 0 saturated carbocycles. The number of amides is 1. The lowest BCUT2D eigenvalue weighted by Crippen LogP contribution is -2.51. The number of benzene rings is 2. The molecule has 1 fully saturated rings. The average molecular weight is 485 g/mol. The van der Waals surface area contributed by atoms with Gasteiger partial charge in [-0.05, 0) is 36.8 Å². The van der Waals surface area contributed by atoms with Crippen molar-refractivity contribution in [2.75, 3.05) is 33.3 Å². The van der Waals surface area contributed by atoms with Gasteiger partial charge in [0.2, 0.25) is 0 Å². The first-order valence-electron chi connectivity index (χ1n) is 11.0. The Hall–Kier alpha value is -3.43. The molecule has 3 aromatic rings. The topological polar surface area (TPSA) is 105 Å². The highest BCUT2D eigenvalue weighted by Crippen LogP contribution is 2.29. The minimum atomic E-state index is -0.664. The van der Waals surface area contributed by atoms with Crippen molar-refractivity contribution in [3.8, 4) is 0 Å². The second kappa shape index (κ2) is 9.82. The number of H-pyrrole nitrogens is 1. The van der Waals surface area contributed by atoms with Crippen molar-refractivity contribution in [2.24, 2.45) is 0 Å². The monoisotopic (exact) mass is 484 g/mol. The number of fused-ring (bicyclic) bond motifs is 1. The van der Waals surface area contributed by atoms with Crippen molar-refractivity contribution in [3.63, 3.8) is 0 Å². The van der Waals surface area contributed by atoms with E-state index in [0.29, 0.717) is 53.2 Å². The highest BCUT2D eigenvalue weighted by Gasteiger charge is 2.33. The molecule has 34 heavy (non-hydrogen) atoms. The van der Waals surface area contributed by atoms with E-state index < -0.39 is 17.7 Å². The van der Waals surface area contributed by atoms with Crippen LogP contribution in [0.3, 0.4) is 0 Å². The Morgan fingerprint density at radius 2 is 1.79 bits per heavy atom. The maximum Gasteiger partial charge on any atom is 0.328 e. The van der Waals surface area contributed by atoms with Crippen molar-refractivity contribution in [3.05, 3.63) is 79.5 Å². The number of halogens is 1. The van der Waals surface area contributed by atoms with Crippen LogP contribution in [0.25, 0.3) is 10.9 Å². The summed E-state index contributed by atoms with van der Waals surface area (Å²) in [6, 6.07) is 11.2. The quantitative estimate of drug-likeness (QED) is 0.556. The number of ether oxygens (including phenoxy) is 1. The van der Waals surface area contributed by atoms with E-state index in [4.69, 9.17) is 16.3 Å². The van der Waals surface area contributed by atoms with Crippen LogP contribution in [0.1, 0.15) is 28.9 Å². The Kier molecular flexibility index (Phi) is 6.85. The highest BCUT2D eigenvalue weighted by molar-refractivity contribution is 6.31. The lowest BCUT2D eigenvalue weighted by molar-refractivity contribution is -0.148. The maximum absolute atomic E-state index is 13.1. The number of esters is 1. The second-order valence-corrected chi connectivity index (χ2v) is 8.42. The summed E-state index contributed by atoms with van der Waals surface area (Å²) in [7, 11) is 1.34. The predicted molar refractivity (Wildman–Crippen MR) is 128 cm³/mol. The fraction of sp³-hybridized carbons (Fsp3) is 0.333. The number of carbonyl (C=O) groups excluding carboxylic acids is 2. The van der Waals surface area contributed by atoms with E-state index in [0.717, 1.165) is 4.57 Å². The molecule has 10 heteroatoms. The number of aromatic amines is 1. The third-order valence-electron chi connectivity index (χ3n) is 6.14. The predicted octanol–water partition coefficient (Wildman–Crippen LogP) is 2.04. The summed E-state index contributed by atoms with van der Waals surface area (Å²) >= 11 is 6.34. The van der Waals surface area contributed by atoms with E-state index in [1.807, 2.05) is 11.0 Å². The first-order chi connectivity index (χ1) is 16.3. The summed E-state index contributed by atoms with van der Waals surface area (Å²) in [5.74, 6) is -0.626. The smallest absolute Gasteiger partial charge is 0.328 e. The van der Waals surface area contributed by atoms with Crippen LogP contribution < -0.4 is 11.2 Å². The number of methoxy groups -OCH3 is 1. The van der Waals surface area contributed by atoms with Crippen molar-refractivity contribution in [2.45, 2.75) is 19.5 Å². The summed E-state index contributed by atoms with van der Waals surface area (Å²) in [6.45, 7) is 3.66. The molecule has 0 spiro atoms. The number of aromatic nitrogens is 2. The molecule has 178 valence electrons. The molecular formula is C24H25ClN4O5. The number of hydrogen-bond acceptors (Lipinski definition) is 6. The molecule has 4 rings (SSSR count). The molecule has 1 N–H and O–H groups in total. The molecule has 9 nitrogen and oxygen atoms in total. The number of nitrogens with zero attached hydrogens (tertiary/aromatic N) is 3. The Bertz CT molecular complexity index is 1360. The van der Waals surface area contributed by atoms with Gasteiger partial charge >= 0.3 is 11.7 Å². The van der Waals surface area contributed by atoms with Gasteiger partial charge < -0.3 is 14.6 Å². The number of hydrogen-bond donors (Lipinski definition) is 1. The Labute approximate surface area is 200 Å². The summed E-state index contributed by atoms with van der Waals surface area (Å²) in [5, 5.41) is 0.826. The molecule has 1 aromatic heterocycles. The van der Waals surface area contributed by atoms with Crippen LogP contribution in [0.15, 0.2) is 52.1 Å². The van der Waals surface area contributed by atoms with Crippen molar-refractivity contribution >= 4 is 34.4 Å². The minimum Gasteiger partial charge on any atom is -0.468 e. The van der Waals surface area contributed by atoms with E-state index in [2.05, 4.69) is 4.98 Å². The van der Waals surface area contributed by atoms with Gasteiger partial charge in [-0.15, -0.1) is 0 Å². The van der Waals surface area contributed by atoms with Crippen LogP contribution in [0, 0.1) is 0 Å². The van der Waals surface area contributed by atoms with Gasteiger partial charge in [-0.2, -0.15) is 0 Å². The molecule has 0 aliphatic carbocycles. The molecule has 1 unspecified atom stereocenters. The molecule has 1 saturated heterocycles. The van der Waals surface area contributed by atoms with Gasteiger partial charge in [0.1, 0.15) is 6.04 Å². The zero-order chi connectivity index (χ0) is 24.4. The van der Waals surface area contributed by atoms with Crippen LogP contribution >= 0.6 is 11.6 Å².